The van der Waals surface area contributed by atoms with Crippen LogP contribution in [0.4, 0.5) is 5.82 Å². The van der Waals surface area contributed by atoms with E-state index in [0.717, 1.165) is 61.0 Å². The van der Waals surface area contributed by atoms with Crippen molar-refractivity contribution in [3.8, 4) is 10.6 Å². The molecule has 1 aliphatic rings. The van der Waals surface area contributed by atoms with Gasteiger partial charge in [-0.25, -0.2) is 9.97 Å². The van der Waals surface area contributed by atoms with Gasteiger partial charge in [-0.15, -0.1) is 11.3 Å². The average Bonchev–Trinajstić information content (AvgIpc) is 3.39. The number of nitrogens with one attached hydrogen (secondary N) is 2. The lowest BCUT2D eigenvalue weighted by Crippen LogP contribution is -2.19. The van der Waals surface area contributed by atoms with Crippen LogP contribution in [0, 0.1) is 5.41 Å². The highest BCUT2D eigenvalue weighted by atomic mass is 32.1. The summed E-state index contributed by atoms with van der Waals surface area (Å²) in [6.07, 6.45) is 9.28. The Morgan fingerprint density at radius 3 is 2.68 bits per heavy atom. The zero-order valence-electron chi connectivity index (χ0n) is 16.1. The van der Waals surface area contributed by atoms with Gasteiger partial charge in [-0.05, 0) is 43.8 Å². The predicted molar refractivity (Wildman–Crippen MR) is 117 cm³/mol. The van der Waals surface area contributed by atoms with Crippen molar-refractivity contribution in [2.75, 3.05) is 31.1 Å². The van der Waals surface area contributed by atoms with E-state index < -0.39 is 0 Å². The first kappa shape index (κ1) is 21.7. The number of hydrogen-bond acceptors (Lipinski definition) is 8. The Labute approximate surface area is 170 Å². The van der Waals surface area contributed by atoms with E-state index in [9.17, 15) is 4.79 Å². The summed E-state index contributed by atoms with van der Waals surface area (Å²) < 4.78 is 0. The van der Waals surface area contributed by atoms with Crippen LogP contribution in [0.5, 0.6) is 0 Å². The average molecular weight is 401 g/mol. The topological polar surface area (TPSA) is 108 Å². The van der Waals surface area contributed by atoms with Crippen LogP contribution >= 0.6 is 11.3 Å². The van der Waals surface area contributed by atoms with E-state index in [2.05, 4.69) is 32.5 Å². The second-order valence-corrected chi connectivity index (χ2v) is 7.31. The fourth-order valence-electron chi connectivity index (χ4n) is 2.91. The van der Waals surface area contributed by atoms with Crippen LogP contribution in [0.25, 0.3) is 10.6 Å². The number of aromatic nitrogens is 2. The SMILES string of the molecule is C=CN.N=CCCNCCc1nc(-c2ccc(N3CCCC3)nc2)sc1C=O. The Kier molecular flexibility index (Phi) is 9.30. The fraction of sp³-hybridized carbons (Fsp3) is 0.400. The van der Waals surface area contributed by atoms with Gasteiger partial charge in [0.15, 0.2) is 6.29 Å². The molecule has 0 radical (unpaired) electrons. The van der Waals surface area contributed by atoms with Crippen molar-refractivity contribution in [1.82, 2.24) is 15.3 Å². The lowest BCUT2D eigenvalue weighted by Gasteiger charge is -2.15. The van der Waals surface area contributed by atoms with Crippen LogP contribution in [0.1, 0.15) is 34.6 Å². The lowest BCUT2D eigenvalue weighted by molar-refractivity contribution is 0.112. The molecule has 0 bridgehead atoms. The van der Waals surface area contributed by atoms with E-state index in [0.29, 0.717) is 11.3 Å². The molecule has 7 nitrogen and oxygen atoms in total. The van der Waals surface area contributed by atoms with E-state index >= 15 is 0 Å². The molecule has 28 heavy (non-hydrogen) atoms. The van der Waals surface area contributed by atoms with E-state index in [1.165, 1.54) is 36.6 Å². The third kappa shape index (κ3) is 6.24. The third-order valence-electron chi connectivity index (χ3n) is 4.26. The van der Waals surface area contributed by atoms with Gasteiger partial charge in [-0.1, -0.05) is 6.58 Å². The Bertz CT molecular complexity index is 753. The van der Waals surface area contributed by atoms with Gasteiger partial charge in [-0.2, -0.15) is 0 Å². The minimum absolute atomic E-state index is 0.687. The summed E-state index contributed by atoms with van der Waals surface area (Å²) in [7, 11) is 0. The fourth-order valence-corrected chi connectivity index (χ4v) is 3.83. The number of anilines is 1. The van der Waals surface area contributed by atoms with Gasteiger partial charge >= 0.3 is 0 Å². The molecule has 2 aromatic rings. The summed E-state index contributed by atoms with van der Waals surface area (Å²) in [4.78, 5) is 23.5. The van der Waals surface area contributed by atoms with Gasteiger partial charge in [0, 0.05) is 44.4 Å². The molecule has 150 valence electrons. The van der Waals surface area contributed by atoms with E-state index in [4.69, 9.17) is 5.41 Å². The zero-order valence-corrected chi connectivity index (χ0v) is 16.9. The molecule has 0 aliphatic carbocycles. The minimum Gasteiger partial charge on any atom is -0.405 e. The van der Waals surface area contributed by atoms with Crippen LogP contribution in [0.15, 0.2) is 31.1 Å². The first-order chi connectivity index (χ1) is 13.7. The summed E-state index contributed by atoms with van der Waals surface area (Å²) in [6.45, 7) is 6.82. The largest absolute Gasteiger partial charge is 0.405 e. The molecule has 1 fully saturated rings. The number of carbonyl (C=O) groups is 1. The molecule has 0 spiro atoms. The highest BCUT2D eigenvalue weighted by Crippen LogP contribution is 2.28. The van der Waals surface area contributed by atoms with Crippen molar-refractivity contribution >= 4 is 29.7 Å². The summed E-state index contributed by atoms with van der Waals surface area (Å²) in [5, 5.41) is 11.1. The lowest BCUT2D eigenvalue weighted by atomic mass is 10.2. The number of thiazole rings is 1. The minimum atomic E-state index is 0.687. The standard InChI is InChI=1S/C18H23N5OS.C2H5N/c19-7-3-8-20-9-6-15-16(13-24)25-18(22-15)14-4-5-17(21-12-14)23-10-1-2-11-23;1-2-3/h4-5,7,12-13,19-20H,1-3,6,8-11H2;2H,1,3H2. The van der Waals surface area contributed by atoms with Crippen molar-refractivity contribution in [3.63, 3.8) is 0 Å². The monoisotopic (exact) mass is 400 g/mol. The molecule has 0 amide bonds. The van der Waals surface area contributed by atoms with E-state index in [-0.39, 0.29) is 0 Å². The first-order valence-corrected chi connectivity index (χ1v) is 10.2. The number of nitrogens with zero attached hydrogens (tertiary/aromatic N) is 3. The van der Waals surface area contributed by atoms with Crippen LogP contribution in [-0.4, -0.2) is 48.6 Å². The van der Waals surface area contributed by atoms with E-state index in [1.807, 2.05) is 18.3 Å². The molecule has 1 saturated heterocycles. The summed E-state index contributed by atoms with van der Waals surface area (Å²) in [5.74, 6) is 1.02. The molecule has 0 aromatic carbocycles. The highest BCUT2D eigenvalue weighted by Gasteiger charge is 2.15. The Hall–Kier alpha value is -2.58. The second-order valence-electron chi connectivity index (χ2n) is 6.28. The van der Waals surface area contributed by atoms with Crippen LogP contribution in [-0.2, 0) is 6.42 Å². The maximum Gasteiger partial charge on any atom is 0.161 e. The smallest absolute Gasteiger partial charge is 0.161 e. The van der Waals surface area contributed by atoms with Crippen LogP contribution in [0.2, 0.25) is 0 Å². The van der Waals surface area contributed by atoms with Crippen LogP contribution in [0.3, 0.4) is 0 Å². The normalized spacial score (nSPS) is 12.9. The number of hydrogen-bond donors (Lipinski definition) is 3. The molecule has 3 heterocycles. The Morgan fingerprint density at radius 2 is 2.07 bits per heavy atom. The van der Waals surface area contributed by atoms with Crippen molar-refractivity contribution in [3.05, 3.63) is 41.7 Å². The maximum atomic E-state index is 11.3. The Balaban J connectivity index is 0.000000878. The second kappa shape index (κ2) is 12.0. The van der Waals surface area contributed by atoms with Crippen molar-refractivity contribution < 1.29 is 4.79 Å². The van der Waals surface area contributed by atoms with Gasteiger partial charge in [0.05, 0.1) is 10.6 Å². The molecule has 3 rings (SSSR count). The quantitative estimate of drug-likeness (QED) is 0.339. The summed E-state index contributed by atoms with van der Waals surface area (Å²) in [5.41, 5.74) is 6.40. The van der Waals surface area contributed by atoms with Gasteiger partial charge in [-0.3, -0.25) is 4.79 Å². The molecule has 4 N–H and O–H groups in total. The van der Waals surface area contributed by atoms with Crippen molar-refractivity contribution in [1.29, 1.82) is 5.41 Å². The van der Waals surface area contributed by atoms with Crippen molar-refractivity contribution in [2.24, 2.45) is 5.73 Å². The first-order valence-electron chi connectivity index (χ1n) is 9.42. The number of nitrogens with two attached hydrogens (primary N) is 1. The predicted octanol–water partition coefficient (Wildman–Crippen LogP) is 2.88. The van der Waals surface area contributed by atoms with Gasteiger partial charge in [0.25, 0.3) is 0 Å². The molecule has 8 heteroatoms. The third-order valence-corrected chi connectivity index (χ3v) is 5.34. The molecule has 0 unspecified atom stereocenters. The van der Waals surface area contributed by atoms with Crippen LogP contribution < -0.4 is 16.0 Å². The van der Waals surface area contributed by atoms with Gasteiger partial charge < -0.3 is 21.4 Å². The van der Waals surface area contributed by atoms with Gasteiger partial charge in [0.1, 0.15) is 10.8 Å². The molecule has 2 aromatic heterocycles. The molecule has 0 saturated carbocycles. The molecular weight excluding hydrogens is 372 g/mol. The molecule has 0 atom stereocenters. The Morgan fingerprint density at radius 1 is 1.32 bits per heavy atom. The highest BCUT2D eigenvalue weighted by molar-refractivity contribution is 7.16. The number of aldehydes is 1. The molecule has 1 aliphatic heterocycles. The van der Waals surface area contributed by atoms with Gasteiger partial charge in [0.2, 0.25) is 0 Å². The van der Waals surface area contributed by atoms with Crippen molar-refractivity contribution in [2.45, 2.75) is 25.7 Å². The summed E-state index contributed by atoms with van der Waals surface area (Å²) >= 11 is 1.42. The zero-order chi connectivity index (χ0) is 20.2. The summed E-state index contributed by atoms with van der Waals surface area (Å²) in [6, 6.07) is 4.08. The number of rotatable bonds is 9. The molecular formula is C20H28N6OS. The number of carbonyl (C=O) groups excluding carboxylic acids is 1. The van der Waals surface area contributed by atoms with E-state index in [1.54, 1.807) is 0 Å². The number of pyridine rings is 1. The maximum absolute atomic E-state index is 11.3.